The fraction of sp³-hybridized carbons (Fsp3) is 0.0667. The minimum atomic E-state index is -0.902. The molecule has 0 heterocycles. The van der Waals surface area contributed by atoms with Crippen LogP contribution in [0.3, 0.4) is 0 Å². The molecule has 94 valence electrons. The van der Waals surface area contributed by atoms with Crippen molar-refractivity contribution in [3.63, 3.8) is 0 Å². The van der Waals surface area contributed by atoms with Crippen molar-refractivity contribution < 1.29 is 9.90 Å². The van der Waals surface area contributed by atoms with Crippen LogP contribution in [0.25, 0.3) is 0 Å². The van der Waals surface area contributed by atoms with E-state index in [2.05, 4.69) is 5.32 Å². The Labute approximate surface area is 110 Å². The highest BCUT2D eigenvalue weighted by Crippen LogP contribution is 2.24. The summed E-state index contributed by atoms with van der Waals surface area (Å²) in [4.78, 5) is 12.1. The average Bonchev–Trinajstić information content (AvgIpc) is 2.43. The third-order valence-electron chi connectivity index (χ3n) is 2.69. The van der Waals surface area contributed by atoms with Crippen LogP contribution in [0.5, 0.6) is 5.75 Å². The molecule has 0 aliphatic rings. The number of phenolic OH excluding ortho intramolecular Hbond substituents is 1. The van der Waals surface area contributed by atoms with E-state index in [1.54, 1.807) is 42.5 Å². The van der Waals surface area contributed by atoms with Gasteiger partial charge in [-0.25, -0.2) is 0 Å². The van der Waals surface area contributed by atoms with Crippen LogP contribution in [0.4, 0.5) is 5.69 Å². The van der Waals surface area contributed by atoms with Crippen LogP contribution in [0.1, 0.15) is 11.5 Å². The standard InChI is InChI=1S/C15H12N2O2/c16-10-12(11-6-2-1-3-7-11)15(19)17-13-8-4-5-9-14(13)18/h1-9,12,18H,(H,17,19). The van der Waals surface area contributed by atoms with E-state index in [9.17, 15) is 9.90 Å². The number of carbonyl (C=O) groups is 1. The fourth-order valence-corrected chi connectivity index (χ4v) is 1.71. The first kappa shape index (κ1) is 12.7. The van der Waals surface area contributed by atoms with Gasteiger partial charge in [0.15, 0.2) is 5.92 Å². The van der Waals surface area contributed by atoms with Crippen LogP contribution in [-0.4, -0.2) is 11.0 Å². The number of hydrogen-bond acceptors (Lipinski definition) is 3. The van der Waals surface area contributed by atoms with Gasteiger partial charge in [-0.15, -0.1) is 0 Å². The number of carbonyl (C=O) groups excluding carboxylic acids is 1. The summed E-state index contributed by atoms with van der Waals surface area (Å²) in [5.41, 5.74) is 0.918. The summed E-state index contributed by atoms with van der Waals surface area (Å²) >= 11 is 0. The molecule has 0 saturated heterocycles. The molecular formula is C15H12N2O2. The first-order valence-corrected chi connectivity index (χ1v) is 5.76. The van der Waals surface area contributed by atoms with E-state index in [1.807, 2.05) is 12.1 Å². The SMILES string of the molecule is N#CC(C(=O)Nc1ccccc1O)c1ccccc1. The van der Waals surface area contributed by atoms with E-state index in [1.165, 1.54) is 6.07 Å². The zero-order valence-corrected chi connectivity index (χ0v) is 10.1. The molecule has 1 atom stereocenters. The van der Waals surface area contributed by atoms with Crippen molar-refractivity contribution in [2.45, 2.75) is 5.92 Å². The van der Waals surface area contributed by atoms with Crippen molar-refractivity contribution in [1.82, 2.24) is 0 Å². The van der Waals surface area contributed by atoms with Crippen molar-refractivity contribution in [3.8, 4) is 11.8 Å². The molecule has 0 aliphatic heterocycles. The zero-order chi connectivity index (χ0) is 13.7. The molecule has 2 aromatic rings. The van der Waals surface area contributed by atoms with Gasteiger partial charge in [-0.2, -0.15) is 5.26 Å². The van der Waals surface area contributed by atoms with Gasteiger partial charge >= 0.3 is 0 Å². The molecule has 0 aliphatic carbocycles. The first-order chi connectivity index (χ1) is 9.22. The lowest BCUT2D eigenvalue weighted by Gasteiger charge is -2.11. The number of nitrogens with one attached hydrogen (secondary N) is 1. The first-order valence-electron chi connectivity index (χ1n) is 5.76. The van der Waals surface area contributed by atoms with E-state index in [-0.39, 0.29) is 5.75 Å². The molecule has 2 aromatic carbocycles. The van der Waals surface area contributed by atoms with Crippen LogP contribution < -0.4 is 5.32 Å². The number of nitrogens with zero attached hydrogens (tertiary/aromatic N) is 1. The van der Waals surface area contributed by atoms with Gasteiger partial charge in [-0.05, 0) is 17.7 Å². The number of phenols is 1. The Morgan fingerprint density at radius 3 is 2.37 bits per heavy atom. The van der Waals surface area contributed by atoms with Crippen molar-refractivity contribution in [2.24, 2.45) is 0 Å². The number of nitriles is 1. The maximum absolute atomic E-state index is 12.1. The van der Waals surface area contributed by atoms with Crippen LogP contribution in [-0.2, 0) is 4.79 Å². The molecule has 1 amide bonds. The van der Waals surface area contributed by atoms with Gasteiger partial charge in [0.25, 0.3) is 0 Å². The molecule has 4 nitrogen and oxygen atoms in total. The molecule has 2 rings (SSSR count). The average molecular weight is 252 g/mol. The number of aromatic hydroxyl groups is 1. The highest BCUT2D eigenvalue weighted by Gasteiger charge is 2.20. The molecule has 0 radical (unpaired) electrons. The van der Waals surface area contributed by atoms with Crippen molar-refractivity contribution in [3.05, 3.63) is 60.2 Å². The largest absolute Gasteiger partial charge is 0.506 e. The molecule has 4 heteroatoms. The van der Waals surface area contributed by atoms with Crippen molar-refractivity contribution in [1.29, 1.82) is 5.26 Å². The van der Waals surface area contributed by atoms with Crippen LogP contribution in [0, 0.1) is 11.3 Å². The fourth-order valence-electron chi connectivity index (χ4n) is 1.71. The van der Waals surface area contributed by atoms with E-state index >= 15 is 0 Å². The second-order valence-electron chi connectivity index (χ2n) is 3.98. The number of para-hydroxylation sites is 2. The Morgan fingerprint density at radius 1 is 1.11 bits per heavy atom. The predicted molar refractivity (Wildman–Crippen MR) is 71.5 cm³/mol. The Balaban J connectivity index is 2.20. The number of hydrogen-bond donors (Lipinski definition) is 2. The number of amides is 1. The van der Waals surface area contributed by atoms with E-state index in [0.29, 0.717) is 11.3 Å². The molecule has 1 unspecified atom stereocenters. The molecule has 19 heavy (non-hydrogen) atoms. The summed E-state index contributed by atoms with van der Waals surface area (Å²) in [5.74, 6) is -1.39. The summed E-state index contributed by atoms with van der Waals surface area (Å²) in [6, 6.07) is 17.2. The summed E-state index contributed by atoms with van der Waals surface area (Å²) in [6.45, 7) is 0. The quantitative estimate of drug-likeness (QED) is 0.825. The molecule has 0 bridgehead atoms. The van der Waals surface area contributed by atoms with Gasteiger partial charge in [0.2, 0.25) is 5.91 Å². The molecule has 0 aromatic heterocycles. The second kappa shape index (κ2) is 5.69. The lowest BCUT2D eigenvalue weighted by Crippen LogP contribution is -2.20. The minimum absolute atomic E-state index is 0.0272. The van der Waals surface area contributed by atoms with Gasteiger partial charge in [-0.3, -0.25) is 4.79 Å². The highest BCUT2D eigenvalue weighted by molar-refractivity contribution is 5.98. The molecule has 0 fully saturated rings. The molecule has 0 saturated carbocycles. The second-order valence-corrected chi connectivity index (χ2v) is 3.98. The summed E-state index contributed by atoms with van der Waals surface area (Å²) < 4.78 is 0. The summed E-state index contributed by atoms with van der Waals surface area (Å²) in [5, 5.41) is 21.3. The summed E-state index contributed by atoms with van der Waals surface area (Å²) in [6.07, 6.45) is 0. The topological polar surface area (TPSA) is 73.1 Å². The third kappa shape index (κ3) is 2.90. The zero-order valence-electron chi connectivity index (χ0n) is 10.1. The smallest absolute Gasteiger partial charge is 0.246 e. The molecule has 0 spiro atoms. The van der Waals surface area contributed by atoms with Crippen LogP contribution >= 0.6 is 0 Å². The van der Waals surface area contributed by atoms with E-state index in [0.717, 1.165) is 0 Å². The van der Waals surface area contributed by atoms with Crippen LogP contribution in [0.15, 0.2) is 54.6 Å². The van der Waals surface area contributed by atoms with Gasteiger partial charge in [0.1, 0.15) is 5.75 Å². The minimum Gasteiger partial charge on any atom is -0.506 e. The maximum Gasteiger partial charge on any atom is 0.246 e. The van der Waals surface area contributed by atoms with Gasteiger partial charge in [-0.1, -0.05) is 42.5 Å². The van der Waals surface area contributed by atoms with Crippen LogP contribution in [0.2, 0.25) is 0 Å². The maximum atomic E-state index is 12.1. The van der Waals surface area contributed by atoms with E-state index in [4.69, 9.17) is 5.26 Å². The molecular weight excluding hydrogens is 240 g/mol. The lowest BCUT2D eigenvalue weighted by atomic mass is 10.00. The highest BCUT2D eigenvalue weighted by atomic mass is 16.3. The van der Waals surface area contributed by atoms with E-state index < -0.39 is 11.8 Å². The normalized spacial score (nSPS) is 11.3. The molecule has 2 N–H and O–H groups in total. The number of anilines is 1. The Morgan fingerprint density at radius 2 is 1.74 bits per heavy atom. The Hall–Kier alpha value is -2.80. The summed E-state index contributed by atoms with van der Waals surface area (Å²) in [7, 11) is 0. The number of benzene rings is 2. The lowest BCUT2D eigenvalue weighted by molar-refractivity contribution is -0.116. The predicted octanol–water partition coefficient (Wildman–Crippen LogP) is 2.64. The Kier molecular flexibility index (Phi) is 3.79. The van der Waals surface area contributed by atoms with Gasteiger partial charge in [0, 0.05) is 0 Å². The van der Waals surface area contributed by atoms with Crippen molar-refractivity contribution in [2.75, 3.05) is 5.32 Å². The Bertz CT molecular complexity index is 618. The van der Waals surface area contributed by atoms with Gasteiger partial charge < -0.3 is 10.4 Å². The van der Waals surface area contributed by atoms with Gasteiger partial charge in [0.05, 0.1) is 11.8 Å². The third-order valence-corrected chi connectivity index (χ3v) is 2.69. The number of rotatable bonds is 3. The monoisotopic (exact) mass is 252 g/mol. The van der Waals surface area contributed by atoms with Crippen molar-refractivity contribution >= 4 is 11.6 Å².